The highest BCUT2D eigenvalue weighted by Gasteiger charge is 2.09. The van der Waals surface area contributed by atoms with Gasteiger partial charge < -0.3 is 15.1 Å². The molecule has 6 nitrogen and oxygen atoms in total. The van der Waals surface area contributed by atoms with Crippen molar-refractivity contribution in [2.45, 2.75) is 6.92 Å². The highest BCUT2D eigenvalue weighted by molar-refractivity contribution is 6.03. The third-order valence-electron chi connectivity index (χ3n) is 2.76. The third-order valence-corrected chi connectivity index (χ3v) is 2.76. The van der Waals surface area contributed by atoms with Crippen LogP contribution in [0.25, 0.3) is 0 Å². The molecule has 0 fully saturated rings. The minimum atomic E-state index is -0.222. The molecule has 1 amide bonds. The van der Waals surface area contributed by atoms with Gasteiger partial charge in [-0.25, -0.2) is 4.98 Å². The fourth-order valence-corrected chi connectivity index (χ4v) is 1.62. The Bertz CT molecular complexity index is 614. The number of oxime groups is 1. The molecule has 0 atom stereocenters. The number of nitrogens with zero attached hydrogens (tertiary/aromatic N) is 3. The van der Waals surface area contributed by atoms with E-state index in [1.807, 2.05) is 0 Å². The molecule has 19 heavy (non-hydrogen) atoms. The van der Waals surface area contributed by atoms with Crippen LogP contribution in [0.3, 0.4) is 0 Å². The Morgan fingerprint density at radius 3 is 2.58 bits per heavy atom. The third kappa shape index (κ3) is 2.79. The molecule has 0 aliphatic heterocycles. The molecular formula is C13H14N4O2. The van der Waals surface area contributed by atoms with Crippen LogP contribution in [0.4, 0.5) is 5.69 Å². The summed E-state index contributed by atoms with van der Waals surface area (Å²) in [6.07, 6.45) is 3.07. The maximum atomic E-state index is 11.9. The van der Waals surface area contributed by atoms with Crippen molar-refractivity contribution in [3.05, 3.63) is 48.0 Å². The normalized spacial score (nSPS) is 11.4. The highest BCUT2D eigenvalue weighted by Crippen LogP contribution is 2.11. The van der Waals surface area contributed by atoms with E-state index in [2.05, 4.69) is 15.5 Å². The van der Waals surface area contributed by atoms with Crippen molar-refractivity contribution < 1.29 is 10.0 Å². The lowest BCUT2D eigenvalue weighted by Gasteiger charge is -2.06. The average Bonchev–Trinajstić information content (AvgIpc) is 2.85. The molecule has 1 heterocycles. The topological polar surface area (TPSA) is 79.5 Å². The van der Waals surface area contributed by atoms with Gasteiger partial charge in [-0.1, -0.05) is 17.3 Å². The second kappa shape index (κ2) is 5.34. The van der Waals surface area contributed by atoms with E-state index in [9.17, 15) is 4.79 Å². The van der Waals surface area contributed by atoms with E-state index in [-0.39, 0.29) is 5.91 Å². The number of hydrogen-bond acceptors (Lipinski definition) is 4. The zero-order chi connectivity index (χ0) is 13.8. The SMILES string of the molecule is C/C(=N/O)c1ccc(NC(=O)c2cncn2C)cc1. The van der Waals surface area contributed by atoms with E-state index < -0.39 is 0 Å². The first-order chi connectivity index (χ1) is 9.11. The summed E-state index contributed by atoms with van der Waals surface area (Å²) in [5, 5.41) is 14.6. The number of carbonyl (C=O) groups excluding carboxylic acids is 1. The van der Waals surface area contributed by atoms with Gasteiger partial charge in [0.1, 0.15) is 5.69 Å². The number of carbonyl (C=O) groups is 1. The minimum Gasteiger partial charge on any atom is -0.411 e. The number of aryl methyl sites for hydroxylation is 1. The molecule has 0 unspecified atom stereocenters. The molecule has 1 aromatic heterocycles. The number of nitrogens with one attached hydrogen (secondary N) is 1. The van der Waals surface area contributed by atoms with Gasteiger partial charge in [0.05, 0.1) is 18.2 Å². The molecule has 0 saturated heterocycles. The van der Waals surface area contributed by atoms with Crippen LogP contribution in [0.5, 0.6) is 0 Å². The average molecular weight is 258 g/mol. The zero-order valence-corrected chi connectivity index (χ0v) is 10.7. The number of rotatable bonds is 3. The molecule has 2 N–H and O–H groups in total. The van der Waals surface area contributed by atoms with Crippen LogP contribution < -0.4 is 5.32 Å². The van der Waals surface area contributed by atoms with Crippen LogP contribution in [0, 0.1) is 0 Å². The van der Waals surface area contributed by atoms with Gasteiger partial charge in [0.25, 0.3) is 5.91 Å². The van der Waals surface area contributed by atoms with Crippen LogP contribution in [0.15, 0.2) is 41.9 Å². The Morgan fingerprint density at radius 1 is 1.37 bits per heavy atom. The first-order valence-electron chi connectivity index (χ1n) is 5.68. The summed E-state index contributed by atoms with van der Waals surface area (Å²) >= 11 is 0. The predicted octanol–water partition coefficient (Wildman–Crippen LogP) is 1.87. The van der Waals surface area contributed by atoms with E-state index in [1.165, 1.54) is 6.20 Å². The van der Waals surface area contributed by atoms with Crippen molar-refractivity contribution in [1.29, 1.82) is 0 Å². The van der Waals surface area contributed by atoms with Crippen LogP contribution in [0.2, 0.25) is 0 Å². The predicted molar refractivity (Wildman–Crippen MR) is 71.6 cm³/mol. The Morgan fingerprint density at radius 2 is 2.05 bits per heavy atom. The molecule has 0 aliphatic rings. The fourth-order valence-electron chi connectivity index (χ4n) is 1.62. The van der Waals surface area contributed by atoms with Crippen molar-refractivity contribution in [2.75, 3.05) is 5.32 Å². The lowest BCUT2D eigenvalue weighted by atomic mass is 10.1. The number of imidazole rings is 1. The van der Waals surface area contributed by atoms with E-state index in [1.54, 1.807) is 49.1 Å². The second-order valence-corrected chi connectivity index (χ2v) is 4.11. The van der Waals surface area contributed by atoms with E-state index in [0.717, 1.165) is 5.56 Å². The van der Waals surface area contributed by atoms with Gasteiger partial charge in [0, 0.05) is 12.7 Å². The molecular weight excluding hydrogens is 244 g/mol. The molecule has 0 saturated carbocycles. The number of amides is 1. The van der Waals surface area contributed by atoms with Gasteiger partial charge in [-0.05, 0) is 24.6 Å². The summed E-state index contributed by atoms with van der Waals surface area (Å²) in [4.78, 5) is 15.8. The first kappa shape index (κ1) is 12.8. The zero-order valence-electron chi connectivity index (χ0n) is 10.7. The van der Waals surface area contributed by atoms with Gasteiger partial charge in [0.2, 0.25) is 0 Å². The van der Waals surface area contributed by atoms with Crippen molar-refractivity contribution in [2.24, 2.45) is 12.2 Å². The van der Waals surface area contributed by atoms with Gasteiger partial charge >= 0.3 is 0 Å². The van der Waals surface area contributed by atoms with Crippen LogP contribution in [0.1, 0.15) is 23.0 Å². The minimum absolute atomic E-state index is 0.222. The summed E-state index contributed by atoms with van der Waals surface area (Å²) in [5.74, 6) is -0.222. The van der Waals surface area contributed by atoms with Gasteiger partial charge in [-0.3, -0.25) is 4.79 Å². The van der Waals surface area contributed by atoms with Gasteiger partial charge in [-0.15, -0.1) is 0 Å². The number of anilines is 1. The molecule has 0 spiro atoms. The summed E-state index contributed by atoms with van der Waals surface area (Å²) in [5.41, 5.74) is 2.46. The van der Waals surface area contributed by atoms with Crippen molar-refractivity contribution in [1.82, 2.24) is 9.55 Å². The Kier molecular flexibility index (Phi) is 3.61. The lowest BCUT2D eigenvalue weighted by Crippen LogP contribution is -2.15. The van der Waals surface area contributed by atoms with Crippen LogP contribution in [-0.4, -0.2) is 26.4 Å². The van der Waals surface area contributed by atoms with Crippen LogP contribution >= 0.6 is 0 Å². The molecule has 2 aromatic rings. The molecule has 98 valence electrons. The second-order valence-electron chi connectivity index (χ2n) is 4.11. The van der Waals surface area contributed by atoms with Crippen molar-refractivity contribution in [3.8, 4) is 0 Å². The van der Waals surface area contributed by atoms with Crippen molar-refractivity contribution in [3.63, 3.8) is 0 Å². The largest absolute Gasteiger partial charge is 0.411 e. The van der Waals surface area contributed by atoms with E-state index in [4.69, 9.17) is 5.21 Å². The number of aromatic nitrogens is 2. The molecule has 0 bridgehead atoms. The summed E-state index contributed by atoms with van der Waals surface area (Å²) < 4.78 is 1.65. The lowest BCUT2D eigenvalue weighted by molar-refractivity contribution is 0.101. The Hall–Kier alpha value is -2.63. The highest BCUT2D eigenvalue weighted by atomic mass is 16.4. The maximum absolute atomic E-state index is 11.9. The fraction of sp³-hybridized carbons (Fsp3) is 0.154. The quantitative estimate of drug-likeness (QED) is 0.501. The first-order valence-corrected chi connectivity index (χ1v) is 5.68. The number of hydrogen-bond donors (Lipinski definition) is 2. The summed E-state index contributed by atoms with van der Waals surface area (Å²) in [6, 6.07) is 7.04. The Balaban J connectivity index is 2.12. The summed E-state index contributed by atoms with van der Waals surface area (Å²) in [7, 11) is 1.76. The molecule has 0 radical (unpaired) electrons. The number of benzene rings is 1. The maximum Gasteiger partial charge on any atom is 0.273 e. The van der Waals surface area contributed by atoms with Gasteiger partial charge in [0.15, 0.2) is 0 Å². The van der Waals surface area contributed by atoms with E-state index >= 15 is 0 Å². The Labute approximate surface area is 110 Å². The summed E-state index contributed by atoms with van der Waals surface area (Å²) in [6.45, 7) is 1.70. The monoisotopic (exact) mass is 258 g/mol. The molecule has 0 aliphatic carbocycles. The molecule has 2 rings (SSSR count). The van der Waals surface area contributed by atoms with Crippen molar-refractivity contribution >= 4 is 17.3 Å². The van der Waals surface area contributed by atoms with Crippen LogP contribution in [-0.2, 0) is 7.05 Å². The smallest absolute Gasteiger partial charge is 0.273 e. The molecule has 6 heteroatoms. The molecule has 1 aromatic carbocycles. The standard InChI is InChI=1S/C13H14N4O2/c1-9(16-19)10-3-5-11(6-4-10)15-13(18)12-7-14-8-17(12)2/h3-8,19H,1-2H3,(H,15,18)/b16-9-. The van der Waals surface area contributed by atoms with E-state index in [0.29, 0.717) is 17.1 Å². The van der Waals surface area contributed by atoms with Gasteiger partial charge in [-0.2, -0.15) is 0 Å².